The van der Waals surface area contributed by atoms with Crippen molar-refractivity contribution in [3.05, 3.63) is 6.08 Å². The number of aliphatic hydroxyl groups is 1. The first-order chi connectivity index (χ1) is 6.23. The van der Waals surface area contributed by atoms with E-state index in [9.17, 15) is 9.90 Å². The number of allylic oxidation sites excluding steroid dienone is 1. The molecule has 3 heteroatoms. The standard InChI is InChI=1S/C10H17NO2/c1-2-10(13)5-6-11-8-9(10)4-3-7-12/h3,9,11,13H,2,4-6,8H2,1H3/t9-,10+/m0/s1. The molecule has 74 valence electrons. The summed E-state index contributed by atoms with van der Waals surface area (Å²) in [6.45, 7) is 3.65. The molecular weight excluding hydrogens is 166 g/mol. The van der Waals surface area contributed by atoms with E-state index in [1.54, 1.807) is 5.94 Å². The molecule has 2 atom stereocenters. The fourth-order valence-corrected chi connectivity index (χ4v) is 1.93. The SMILES string of the molecule is CC[C@@]1(O)CCNC[C@@H]1CC=C=O. The second kappa shape index (κ2) is 4.56. The van der Waals surface area contributed by atoms with Crippen LogP contribution in [-0.2, 0) is 4.79 Å². The first-order valence-electron chi connectivity index (χ1n) is 4.85. The Kier molecular flexibility index (Phi) is 3.67. The lowest BCUT2D eigenvalue weighted by atomic mass is 9.78. The molecular formula is C10H17NO2. The summed E-state index contributed by atoms with van der Waals surface area (Å²) in [6, 6.07) is 0. The average Bonchev–Trinajstić information content (AvgIpc) is 2.17. The Hall–Kier alpha value is -0.630. The molecule has 0 spiro atoms. The number of carbonyl (C=O) groups excluding carboxylic acids is 1. The van der Waals surface area contributed by atoms with Gasteiger partial charge in [-0.05, 0) is 25.8 Å². The van der Waals surface area contributed by atoms with Crippen LogP contribution in [0.3, 0.4) is 0 Å². The smallest absolute Gasteiger partial charge is 0.120 e. The Morgan fingerprint density at radius 3 is 3.15 bits per heavy atom. The summed E-state index contributed by atoms with van der Waals surface area (Å²) in [5.41, 5.74) is -0.585. The third-order valence-corrected chi connectivity index (χ3v) is 2.98. The lowest BCUT2D eigenvalue weighted by molar-refractivity contribution is -0.0423. The van der Waals surface area contributed by atoms with Crippen LogP contribution in [0, 0.1) is 5.92 Å². The van der Waals surface area contributed by atoms with Crippen LogP contribution in [0.5, 0.6) is 0 Å². The number of rotatable bonds is 3. The average molecular weight is 183 g/mol. The van der Waals surface area contributed by atoms with E-state index in [0.29, 0.717) is 6.42 Å². The van der Waals surface area contributed by atoms with Crippen molar-refractivity contribution in [3.63, 3.8) is 0 Å². The third-order valence-electron chi connectivity index (χ3n) is 2.98. The van der Waals surface area contributed by atoms with E-state index in [1.807, 2.05) is 6.92 Å². The molecule has 0 radical (unpaired) electrons. The monoisotopic (exact) mass is 183 g/mol. The van der Waals surface area contributed by atoms with E-state index in [1.165, 1.54) is 6.08 Å². The summed E-state index contributed by atoms with van der Waals surface area (Å²) in [5, 5.41) is 13.4. The van der Waals surface area contributed by atoms with E-state index in [-0.39, 0.29) is 5.92 Å². The van der Waals surface area contributed by atoms with Crippen LogP contribution >= 0.6 is 0 Å². The molecule has 0 aromatic rings. The minimum Gasteiger partial charge on any atom is -0.390 e. The normalized spacial score (nSPS) is 33.8. The van der Waals surface area contributed by atoms with Gasteiger partial charge in [0.05, 0.1) is 5.60 Å². The Bertz CT molecular complexity index is 211. The van der Waals surface area contributed by atoms with Gasteiger partial charge in [0.15, 0.2) is 0 Å². The molecule has 0 aromatic carbocycles. The molecule has 0 amide bonds. The molecule has 0 bridgehead atoms. The number of piperidine rings is 1. The molecule has 1 heterocycles. The van der Waals surface area contributed by atoms with Crippen LogP contribution in [0.2, 0.25) is 0 Å². The van der Waals surface area contributed by atoms with Gasteiger partial charge in [-0.2, -0.15) is 0 Å². The minimum absolute atomic E-state index is 0.160. The maximum Gasteiger partial charge on any atom is 0.120 e. The van der Waals surface area contributed by atoms with Crippen molar-refractivity contribution in [1.82, 2.24) is 5.32 Å². The lowest BCUT2D eigenvalue weighted by Gasteiger charge is -2.39. The highest BCUT2D eigenvalue weighted by Gasteiger charge is 2.36. The van der Waals surface area contributed by atoms with Crippen molar-refractivity contribution in [3.8, 4) is 0 Å². The molecule has 1 aliphatic heterocycles. The molecule has 1 aliphatic rings. The van der Waals surface area contributed by atoms with Crippen LogP contribution in [0.15, 0.2) is 6.08 Å². The van der Waals surface area contributed by atoms with Gasteiger partial charge in [-0.25, -0.2) is 4.79 Å². The summed E-state index contributed by atoms with van der Waals surface area (Å²) in [6.07, 6.45) is 3.63. The van der Waals surface area contributed by atoms with Crippen LogP contribution in [0.1, 0.15) is 26.2 Å². The van der Waals surface area contributed by atoms with Crippen molar-refractivity contribution in [2.45, 2.75) is 31.8 Å². The fraction of sp³-hybridized carbons (Fsp3) is 0.800. The van der Waals surface area contributed by atoms with E-state index in [4.69, 9.17) is 0 Å². The highest BCUT2D eigenvalue weighted by molar-refractivity contribution is 5.44. The Labute approximate surface area is 78.8 Å². The maximum absolute atomic E-state index is 10.2. The van der Waals surface area contributed by atoms with Crippen molar-refractivity contribution >= 4 is 5.94 Å². The van der Waals surface area contributed by atoms with Crippen molar-refractivity contribution < 1.29 is 9.90 Å². The van der Waals surface area contributed by atoms with Crippen molar-refractivity contribution in [2.24, 2.45) is 5.92 Å². The van der Waals surface area contributed by atoms with Crippen LogP contribution < -0.4 is 5.32 Å². The third kappa shape index (κ3) is 2.41. The Morgan fingerprint density at radius 1 is 1.77 bits per heavy atom. The molecule has 1 fully saturated rings. The molecule has 0 saturated carbocycles. The highest BCUT2D eigenvalue weighted by Crippen LogP contribution is 2.29. The molecule has 1 rings (SSSR count). The second-order valence-corrected chi connectivity index (χ2v) is 3.67. The predicted molar refractivity (Wildman–Crippen MR) is 51.1 cm³/mol. The zero-order chi connectivity index (χ0) is 9.73. The van der Waals surface area contributed by atoms with Gasteiger partial charge in [0.25, 0.3) is 0 Å². The summed E-state index contributed by atoms with van der Waals surface area (Å²) in [4.78, 5) is 10.1. The molecule has 2 N–H and O–H groups in total. The van der Waals surface area contributed by atoms with Crippen LogP contribution in [0.25, 0.3) is 0 Å². The quantitative estimate of drug-likeness (QED) is 0.627. The fourth-order valence-electron chi connectivity index (χ4n) is 1.93. The van der Waals surface area contributed by atoms with Crippen molar-refractivity contribution in [2.75, 3.05) is 13.1 Å². The summed E-state index contributed by atoms with van der Waals surface area (Å²) in [7, 11) is 0. The van der Waals surface area contributed by atoms with E-state index >= 15 is 0 Å². The van der Waals surface area contributed by atoms with Gasteiger partial charge in [0, 0.05) is 18.5 Å². The van der Waals surface area contributed by atoms with Gasteiger partial charge < -0.3 is 10.4 Å². The predicted octanol–water partition coefficient (Wildman–Crippen LogP) is 0.515. The molecule has 0 aromatic heterocycles. The first-order valence-corrected chi connectivity index (χ1v) is 4.85. The largest absolute Gasteiger partial charge is 0.390 e. The zero-order valence-electron chi connectivity index (χ0n) is 8.05. The number of nitrogens with one attached hydrogen (secondary N) is 1. The van der Waals surface area contributed by atoms with Crippen molar-refractivity contribution in [1.29, 1.82) is 0 Å². The van der Waals surface area contributed by atoms with Gasteiger partial charge in [-0.15, -0.1) is 0 Å². The molecule has 3 nitrogen and oxygen atoms in total. The number of hydrogen-bond acceptors (Lipinski definition) is 3. The molecule has 13 heavy (non-hydrogen) atoms. The van der Waals surface area contributed by atoms with Gasteiger partial charge >= 0.3 is 0 Å². The number of hydrogen-bond donors (Lipinski definition) is 2. The summed E-state index contributed by atoms with van der Waals surface area (Å²) in [5.74, 6) is 1.92. The van der Waals surface area contributed by atoms with Crippen LogP contribution in [-0.4, -0.2) is 29.7 Å². The van der Waals surface area contributed by atoms with Crippen LogP contribution in [0.4, 0.5) is 0 Å². The Morgan fingerprint density at radius 2 is 2.54 bits per heavy atom. The lowest BCUT2D eigenvalue weighted by Crippen LogP contribution is -2.49. The minimum atomic E-state index is -0.585. The second-order valence-electron chi connectivity index (χ2n) is 3.67. The topological polar surface area (TPSA) is 49.3 Å². The van der Waals surface area contributed by atoms with Gasteiger partial charge in [-0.3, -0.25) is 0 Å². The van der Waals surface area contributed by atoms with E-state index < -0.39 is 5.60 Å². The molecule has 1 saturated heterocycles. The Balaban J connectivity index is 2.61. The van der Waals surface area contributed by atoms with Gasteiger partial charge in [-0.1, -0.05) is 6.92 Å². The maximum atomic E-state index is 10.2. The summed E-state index contributed by atoms with van der Waals surface area (Å²) < 4.78 is 0. The van der Waals surface area contributed by atoms with Gasteiger partial charge in [0.2, 0.25) is 0 Å². The van der Waals surface area contributed by atoms with E-state index in [2.05, 4.69) is 5.32 Å². The van der Waals surface area contributed by atoms with Gasteiger partial charge in [0.1, 0.15) is 5.94 Å². The molecule has 0 aliphatic carbocycles. The zero-order valence-corrected chi connectivity index (χ0v) is 8.05. The first kappa shape index (κ1) is 10.5. The molecule has 0 unspecified atom stereocenters. The highest BCUT2D eigenvalue weighted by atomic mass is 16.3. The summed E-state index contributed by atoms with van der Waals surface area (Å²) >= 11 is 0. The van der Waals surface area contributed by atoms with E-state index in [0.717, 1.165) is 25.9 Å².